The smallest absolute Gasteiger partial charge is 0.329 e. The van der Waals surface area contributed by atoms with Crippen LogP contribution in [-0.4, -0.2) is 37.7 Å². The Morgan fingerprint density at radius 1 is 1.44 bits per heavy atom. The molecule has 2 rings (SSSR count). The molecule has 1 fully saturated rings. The van der Waals surface area contributed by atoms with Gasteiger partial charge in [-0.15, -0.1) is 0 Å². The van der Waals surface area contributed by atoms with E-state index in [9.17, 15) is 9.59 Å². The summed E-state index contributed by atoms with van der Waals surface area (Å²) in [7, 11) is 0. The van der Waals surface area contributed by atoms with E-state index in [1.54, 1.807) is 0 Å². The van der Waals surface area contributed by atoms with Crippen molar-refractivity contribution in [3.8, 4) is 0 Å². The van der Waals surface area contributed by atoms with E-state index in [-0.39, 0.29) is 5.82 Å². The summed E-state index contributed by atoms with van der Waals surface area (Å²) in [6.45, 7) is 0. The first-order chi connectivity index (χ1) is 7.64. The number of nitrogens with zero attached hydrogens (tertiary/aromatic N) is 2. The van der Waals surface area contributed by atoms with E-state index in [2.05, 4.69) is 20.5 Å². The van der Waals surface area contributed by atoms with Crippen molar-refractivity contribution in [2.45, 2.75) is 31.2 Å². The molecule has 0 unspecified atom stereocenters. The summed E-state index contributed by atoms with van der Waals surface area (Å²) in [4.78, 5) is 26.5. The highest BCUT2D eigenvalue weighted by Gasteiger charge is 2.43. The molecule has 0 aliphatic heterocycles. The van der Waals surface area contributed by atoms with Crippen molar-refractivity contribution in [1.29, 1.82) is 0 Å². The number of carboxylic acids is 1. The Bertz CT molecular complexity index is 395. The predicted molar refractivity (Wildman–Crippen MR) is 52.7 cm³/mol. The van der Waals surface area contributed by atoms with Crippen molar-refractivity contribution in [2.24, 2.45) is 0 Å². The normalized spacial score (nSPS) is 18.2. The van der Waals surface area contributed by atoms with Gasteiger partial charge in [0.05, 0.1) is 0 Å². The van der Waals surface area contributed by atoms with Gasteiger partial charge in [0, 0.05) is 0 Å². The molecule has 7 nitrogen and oxygen atoms in total. The van der Waals surface area contributed by atoms with Crippen molar-refractivity contribution >= 4 is 11.9 Å². The van der Waals surface area contributed by atoms with Crippen LogP contribution >= 0.6 is 0 Å². The molecule has 3 N–H and O–H groups in total. The molecule has 0 aromatic carbocycles. The lowest BCUT2D eigenvalue weighted by atomic mass is 9.98. The van der Waals surface area contributed by atoms with Gasteiger partial charge in [0.25, 0.3) is 5.91 Å². The minimum Gasteiger partial charge on any atom is -0.480 e. The van der Waals surface area contributed by atoms with Crippen LogP contribution in [0.25, 0.3) is 0 Å². The lowest BCUT2D eigenvalue weighted by Crippen LogP contribution is -2.52. The predicted octanol–water partition coefficient (Wildman–Crippen LogP) is -0.0681. The maximum Gasteiger partial charge on any atom is 0.329 e. The largest absolute Gasteiger partial charge is 0.480 e. The molecular weight excluding hydrogens is 212 g/mol. The Kier molecular flexibility index (Phi) is 2.59. The number of aliphatic carboxylic acids is 1. The van der Waals surface area contributed by atoms with Crippen molar-refractivity contribution in [3.63, 3.8) is 0 Å². The fraction of sp³-hybridized carbons (Fsp3) is 0.556. The van der Waals surface area contributed by atoms with Crippen LogP contribution in [0.4, 0.5) is 0 Å². The van der Waals surface area contributed by atoms with E-state index in [0.29, 0.717) is 12.8 Å². The highest BCUT2D eigenvalue weighted by atomic mass is 16.4. The number of H-pyrrole nitrogens is 1. The number of rotatable bonds is 3. The van der Waals surface area contributed by atoms with Crippen molar-refractivity contribution < 1.29 is 14.7 Å². The number of aromatic nitrogens is 3. The lowest BCUT2D eigenvalue weighted by Gasteiger charge is -2.24. The maximum atomic E-state index is 11.7. The quantitative estimate of drug-likeness (QED) is 0.666. The molecule has 1 saturated carbocycles. The summed E-state index contributed by atoms with van der Waals surface area (Å²) in [5.74, 6) is -1.48. The maximum absolute atomic E-state index is 11.7. The molecule has 16 heavy (non-hydrogen) atoms. The van der Waals surface area contributed by atoms with Gasteiger partial charge < -0.3 is 10.4 Å². The highest BCUT2D eigenvalue weighted by Crippen LogP contribution is 2.30. The van der Waals surface area contributed by atoms with Gasteiger partial charge in [0.2, 0.25) is 5.82 Å². The third-order valence-electron chi connectivity index (χ3n) is 2.85. The lowest BCUT2D eigenvalue weighted by molar-refractivity contribution is -0.144. The molecule has 1 aromatic rings. The molecule has 0 spiro atoms. The van der Waals surface area contributed by atoms with Gasteiger partial charge in [-0.2, -0.15) is 5.10 Å². The summed E-state index contributed by atoms with van der Waals surface area (Å²) in [5.41, 5.74) is -1.14. The fourth-order valence-electron chi connectivity index (χ4n) is 1.96. The number of nitrogens with one attached hydrogen (secondary N) is 2. The van der Waals surface area contributed by atoms with Crippen molar-refractivity contribution in [1.82, 2.24) is 20.5 Å². The first-order valence-electron chi connectivity index (χ1n) is 5.05. The number of aromatic amines is 1. The molecule has 1 aliphatic carbocycles. The monoisotopic (exact) mass is 224 g/mol. The van der Waals surface area contributed by atoms with E-state index in [1.165, 1.54) is 6.33 Å². The van der Waals surface area contributed by atoms with Gasteiger partial charge in [-0.05, 0) is 12.8 Å². The van der Waals surface area contributed by atoms with E-state index in [4.69, 9.17) is 5.11 Å². The molecular formula is C9H12N4O3. The van der Waals surface area contributed by atoms with Gasteiger partial charge in [0.1, 0.15) is 11.9 Å². The Labute approximate surface area is 91.3 Å². The van der Waals surface area contributed by atoms with E-state index in [0.717, 1.165) is 12.8 Å². The third kappa shape index (κ3) is 1.75. The number of hydrogen-bond donors (Lipinski definition) is 3. The summed E-state index contributed by atoms with van der Waals surface area (Å²) < 4.78 is 0. The average molecular weight is 224 g/mol. The zero-order valence-corrected chi connectivity index (χ0v) is 8.56. The van der Waals surface area contributed by atoms with Crippen LogP contribution in [0.3, 0.4) is 0 Å². The Morgan fingerprint density at radius 2 is 2.12 bits per heavy atom. The first-order valence-corrected chi connectivity index (χ1v) is 5.05. The molecule has 1 aromatic heterocycles. The van der Waals surface area contributed by atoms with Crippen LogP contribution in [-0.2, 0) is 4.79 Å². The van der Waals surface area contributed by atoms with Gasteiger partial charge >= 0.3 is 5.97 Å². The number of carbonyl (C=O) groups is 2. The van der Waals surface area contributed by atoms with Gasteiger partial charge in [-0.25, -0.2) is 9.78 Å². The molecule has 7 heteroatoms. The van der Waals surface area contributed by atoms with Crippen LogP contribution in [0.2, 0.25) is 0 Å². The van der Waals surface area contributed by atoms with E-state index in [1.807, 2.05) is 0 Å². The molecule has 1 aliphatic rings. The topological polar surface area (TPSA) is 108 Å². The summed E-state index contributed by atoms with van der Waals surface area (Å²) >= 11 is 0. The molecule has 0 saturated heterocycles. The third-order valence-corrected chi connectivity index (χ3v) is 2.85. The minimum absolute atomic E-state index is 0.0347. The second kappa shape index (κ2) is 3.92. The standard InChI is InChI=1S/C9H12N4O3/c14-7(6-10-5-11-13-6)12-9(8(15)16)3-1-2-4-9/h5H,1-4H2,(H,12,14)(H,15,16)(H,10,11,13). The number of carboxylic acid groups (broad SMARTS) is 1. The van der Waals surface area contributed by atoms with E-state index < -0.39 is 17.4 Å². The SMILES string of the molecule is O=C(NC1(C(=O)O)CCCC1)c1ncn[nH]1. The van der Waals surface area contributed by atoms with Crippen molar-refractivity contribution in [2.75, 3.05) is 0 Å². The molecule has 1 amide bonds. The summed E-state index contributed by atoms with van der Waals surface area (Å²) in [5, 5.41) is 17.6. The Morgan fingerprint density at radius 3 is 2.62 bits per heavy atom. The summed E-state index contributed by atoms with van der Waals surface area (Å²) in [6, 6.07) is 0. The average Bonchev–Trinajstić information content (AvgIpc) is 2.88. The van der Waals surface area contributed by atoms with Crippen LogP contribution in [0, 0.1) is 0 Å². The molecule has 0 atom stereocenters. The number of carbonyl (C=O) groups excluding carboxylic acids is 1. The Balaban J connectivity index is 2.13. The van der Waals surface area contributed by atoms with Crippen LogP contribution in [0.5, 0.6) is 0 Å². The van der Waals surface area contributed by atoms with E-state index >= 15 is 0 Å². The minimum atomic E-state index is -1.14. The molecule has 1 heterocycles. The van der Waals surface area contributed by atoms with Gasteiger partial charge in [-0.3, -0.25) is 9.89 Å². The van der Waals surface area contributed by atoms with Crippen LogP contribution < -0.4 is 5.32 Å². The first kappa shape index (κ1) is 10.6. The second-order valence-corrected chi connectivity index (χ2v) is 3.88. The van der Waals surface area contributed by atoms with Crippen LogP contribution in [0.15, 0.2) is 6.33 Å². The highest BCUT2D eigenvalue weighted by molar-refractivity contribution is 5.95. The van der Waals surface area contributed by atoms with Gasteiger partial charge in [-0.1, -0.05) is 12.8 Å². The molecule has 86 valence electrons. The van der Waals surface area contributed by atoms with Gasteiger partial charge in [0.15, 0.2) is 0 Å². The number of amides is 1. The summed E-state index contributed by atoms with van der Waals surface area (Å²) in [6.07, 6.45) is 3.74. The van der Waals surface area contributed by atoms with Crippen LogP contribution in [0.1, 0.15) is 36.3 Å². The number of hydrogen-bond acceptors (Lipinski definition) is 4. The fourth-order valence-corrected chi connectivity index (χ4v) is 1.96. The zero-order chi connectivity index (χ0) is 11.6. The Hall–Kier alpha value is -1.92. The van der Waals surface area contributed by atoms with Crippen molar-refractivity contribution in [3.05, 3.63) is 12.2 Å². The zero-order valence-electron chi connectivity index (χ0n) is 8.56. The molecule has 0 bridgehead atoms. The second-order valence-electron chi connectivity index (χ2n) is 3.88. The molecule has 0 radical (unpaired) electrons.